The Bertz CT molecular complexity index is 219. The number of hydrogen-bond acceptors (Lipinski definition) is 2. The van der Waals surface area contributed by atoms with Gasteiger partial charge in [0.05, 0.1) is 0 Å². The van der Waals surface area contributed by atoms with Crippen LogP contribution in [0.5, 0.6) is 0 Å². The van der Waals surface area contributed by atoms with E-state index in [0.717, 1.165) is 19.4 Å². The number of rotatable bonds is 11. The Morgan fingerprint density at radius 3 is 1.75 bits per heavy atom. The molecule has 0 aliphatic rings. The Kier molecular flexibility index (Phi) is 10.0. The number of unbranched alkanes of at least 4 members (excludes halogenated alkanes) is 1. The van der Waals surface area contributed by atoms with Crippen molar-refractivity contribution in [2.45, 2.75) is 103 Å². The average Bonchev–Trinajstić information content (AvgIpc) is 2.32. The van der Waals surface area contributed by atoms with Gasteiger partial charge in [-0.2, -0.15) is 0 Å². The lowest BCUT2D eigenvalue weighted by Crippen LogP contribution is -2.47. The first-order valence-electron chi connectivity index (χ1n) is 8.68. The Hall–Kier alpha value is 0.137. The van der Waals surface area contributed by atoms with Crippen molar-refractivity contribution >= 4 is 8.32 Å². The molecule has 122 valence electrons. The first kappa shape index (κ1) is 20.1. The maximum absolute atomic E-state index is 6.55. The summed E-state index contributed by atoms with van der Waals surface area (Å²) in [5.74, 6) is 0. The normalized spacial score (nSPS) is 14.6. The van der Waals surface area contributed by atoms with Crippen LogP contribution in [0.3, 0.4) is 0 Å². The van der Waals surface area contributed by atoms with Gasteiger partial charge >= 0.3 is 0 Å². The average molecular weight is 302 g/mol. The van der Waals surface area contributed by atoms with Crippen molar-refractivity contribution in [3.05, 3.63) is 0 Å². The highest BCUT2D eigenvalue weighted by atomic mass is 28.4. The highest BCUT2D eigenvalue weighted by Gasteiger charge is 2.44. The van der Waals surface area contributed by atoms with Gasteiger partial charge in [0.15, 0.2) is 8.32 Å². The first-order chi connectivity index (χ1) is 9.28. The predicted molar refractivity (Wildman–Crippen MR) is 93.7 cm³/mol. The standard InChI is InChI=1S/C17H39NOSi/c1-8-11-17(18)12-9-10-13-19-20(14(2)3,15(4)5)16(6)7/h14-17H,8-13,18H2,1-7H3/t17-/m0/s1. The largest absolute Gasteiger partial charge is 0.416 e. The van der Waals surface area contributed by atoms with Crippen LogP contribution in [-0.2, 0) is 4.43 Å². The lowest BCUT2D eigenvalue weighted by molar-refractivity contribution is 0.266. The van der Waals surface area contributed by atoms with E-state index >= 15 is 0 Å². The molecule has 0 heterocycles. The van der Waals surface area contributed by atoms with Crippen LogP contribution in [0.1, 0.15) is 80.6 Å². The molecule has 20 heavy (non-hydrogen) atoms. The van der Waals surface area contributed by atoms with Crippen LogP contribution < -0.4 is 5.73 Å². The highest BCUT2D eigenvalue weighted by Crippen LogP contribution is 2.42. The summed E-state index contributed by atoms with van der Waals surface area (Å²) >= 11 is 0. The van der Waals surface area contributed by atoms with E-state index in [4.69, 9.17) is 10.2 Å². The van der Waals surface area contributed by atoms with E-state index in [9.17, 15) is 0 Å². The predicted octanol–water partition coefficient (Wildman–Crippen LogP) is 5.48. The van der Waals surface area contributed by atoms with Gasteiger partial charge in [0.25, 0.3) is 0 Å². The second-order valence-electron chi connectivity index (χ2n) is 7.21. The smallest absolute Gasteiger partial charge is 0.200 e. The summed E-state index contributed by atoms with van der Waals surface area (Å²) in [6.07, 6.45) is 5.88. The lowest BCUT2D eigenvalue weighted by atomic mass is 10.1. The highest BCUT2D eigenvalue weighted by molar-refractivity contribution is 6.77. The molecule has 2 N–H and O–H groups in total. The second kappa shape index (κ2) is 9.96. The van der Waals surface area contributed by atoms with Crippen molar-refractivity contribution in [1.82, 2.24) is 0 Å². The van der Waals surface area contributed by atoms with Gasteiger partial charge in [0.2, 0.25) is 0 Å². The third kappa shape index (κ3) is 5.86. The topological polar surface area (TPSA) is 35.2 Å². The van der Waals surface area contributed by atoms with Gasteiger partial charge in [0.1, 0.15) is 0 Å². The van der Waals surface area contributed by atoms with E-state index < -0.39 is 8.32 Å². The minimum Gasteiger partial charge on any atom is -0.416 e. The van der Waals surface area contributed by atoms with Crippen LogP contribution in [0.2, 0.25) is 16.6 Å². The summed E-state index contributed by atoms with van der Waals surface area (Å²) in [6, 6.07) is 0.391. The van der Waals surface area contributed by atoms with Gasteiger partial charge in [-0.05, 0) is 42.3 Å². The number of hydrogen-bond donors (Lipinski definition) is 1. The maximum atomic E-state index is 6.55. The van der Waals surface area contributed by atoms with Crippen LogP contribution in [-0.4, -0.2) is 21.0 Å². The summed E-state index contributed by atoms with van der Waals surface area (Å²) in [5.41, 5.74) is 8.12. The summed E-state index contributed by atoms with van der Waals surface area (Å²) in [6.45, 7) is 17.2. The van der Waals surface area contributed by atoms with Crippen molar-refractivity contribution in [2.24, 2.45) is 5.73 Å². The molecule has 0 aliphatic heterocycles. The molecule has 0 amide bonds. The Morgan fingerprint density at radius 1 is 0.850 bits per heavy atom. The van der Waals surface area contributed by atoms with Crippen LogP contribution >= 0.6 is 0 Å². The molecule has 2 nitrogen and oxygen atoms in total. The summed E-state index contributed by atoms with van der Waals surface area (Å²) in [5, 5.41) is 0. The van der Waals surface area contributed by atoms with E-state index in [2.05, 4.69) is 48.5 Å². The van der Waals surface area contributed by atoms with E-state index in [1.165, 1.54) is 19.3 Å². The van der Waals surface area contributed by atoms with E-state index in [1.54, 1.807) is 0 Å². The zero-order valence-electron chi connectivity index (χ0n) is 15.0. The van der Waals surface area contributed by atoms with Crippen LogP contribution in [0, 0.1) is 0 Å². The fourth-order valence-corrected chi connectivity index (χ4v) is 9.27. The molecular weight excluding hydrogens is 262 g/mol. The maximum Gasteiger partial charge on any atom is 0.200 e. The first-order valence-corrected chi connectivity index (χ1v) is 10.8. The summed E-state index contributed by atoms with van der Waals surface area (Å²) < 4.78 is 6.55. The molecular formula is C17H39NOSi. The molecule has 0 bridgehead atoms. The minimum atomic E-state index is -1.65. The molecule has 0 fully saturated rings. The van der Waals surface area contributed by atoms with Crippen LogP contribution in [0.15, 0.2) is 0 Å². The Balaban J connectivity index is 4.23. The molecule has 0 aromatic carbocycles. The SMILES string of the molecule is CCC[C@H](N)CCCCO[Si](C(C)C)(C(C)C)C(C)C. The lowest BCUT2D eigenvalue weighted by Gasteiger charge is -2.42. The monoisotopic (exact) mass is 301 g/mol. The van der Waals surface area contributed by atoms with Crippen molar-refractivity contribution < 1.29 is 4.43 Å². The number of nitrogens with two attached hydrogens (primary N) is 1. The third-order valence-electron chi connectivity index (χ3n) is 4.69. The van der Waals surface area contributed by atoms with E-state index in [1.807, 2.05) is 0 Å². The van der Waals surface area contributed by atoms with Crippen molar-refractivity contribution in [1.29, 1.82) is 0 Å². The molecule has 1 atom stereocenters. The minimum absolute atomic E-state index is 0.391. The van der Waals surface area contributed by atoms with E-state index in [-0.39, 0.29) is 0 Å². The second-order valence-corrected chi connectivity index (χ2v) is 12.7. The van der Waals surface area contributed by atoms with Gasteiger partial charge in [-0.3, -0.25) is 0 Å². The molecule has 0 aromatic heterocycles. The van der Waals surface area contributed by atoms with Crippen LogP contribution in [0.25, 0.3) is 0 Å². The fraction of sp³-hybridized carbons (Fsp3) is 1.00. The molecule has 0 saturated heterocycles. The van der Waals surface area contributed by atoms with Gasteiger partial charge in [-0.15, -0.1) is 0 Å². The van der Waals surface area contributed by atoms with Gasteiger partial charge in [-0.25, -0.2) is 0 Å². The fourth-order valence-electron chi connectivity index (χ4n) is 3.77. The van der Waals surface area contributed by atoms with Crippen molar-refractivity contribution in [3.63, 3.8) is 0 Å². The molecule has 0 aliphatic carbocycles. The van der Waals surface area contributed by atoms with Crippen molar-refractivity contribution in [2.75, 3.05) is 6.61 Å². The Morgan fingerprint density at radius 2 is 1.35 bits per heavy atom. The van der Waals surface area contributed by atoms with Gasteiger partial charge in [0, 0.05) is 12.6 Å². The zero-order valence-corrected chi connectivity index (χ0v) is 16.0. The molecule has 0 saturated carbocycles. The van der Waals surface area contributed by atoms with Crippen LogP contribution in [0.4, 0.5) is 0 Å². The summed E-state index contributed by atoms with van der Waals surface area (Å²) in [4.78, 5) is 0. The zero-order chi connectivity index (χ0) is 15.8. The summed E-state index contributed by atoms with van der Waals surface area (Å²) in [7, 11) is -1.65. The third-order valence-corrected chi connectivity index (χ3v) is 10.8. The van der Waals surface area contributed by atoms with E-state index in [0.29, 0.717) is 22.7 Å². The van der Waals surface area contributed by atoms with Gasteiger partial charge < -0.3 is 10.2 Å². The van der Waals surface area contributed by atoms with Gasteiger partial charge in [-0.1, -0.05) is 54.9 Å². The molecule has 0 rings (SSSR count). The Labute approximate surface area is 129 Å². The molecule has 3 heteroatoms. The molecule has 0 radical (unpaired) electrons. The molecule has 0 spiro atoms. The van der Waals surface area contributed by atoms with Crippen molar-refractivity contribution in [3.8, 4) is 0 Å². The quantitative estimate of drug-likeness (QED) is 0.405. The molecule has 0 unspecified atom stereocenters. The molecule has 0 aromatic rings.